The Bertz CT molecular complexity index is 522. The van der Waals surface area contributed by atoms with Crippen LogP contribution in [0.25, 0.3) is 0 Å². The summed E-state index contributed by atoms with van der Waals surface area (Å²) >= 11 is 0. The van der Waals surface area contributed by atoms with Crippen LogP contribution in [0.3, 0.4) is 0 Å². The van der Waals surface area contributed by atoms with Gasteiger partial charge in [0.1, 0.15) is 11.3 Å². The first-order valence-electron chi connectivity index (χ1n) is 6.28. The Balaban J connectivity index is 2.80. The zero-order valence-electron chi connectivity index (χ0n) is 11.6. The topological polar surface area (TPSA) is 104 Å². The Morgan fingerprint density at radius 2 is 1.68 bits per heavy atom. The van der Waals surface area contributed by atoms with E-state index in [1.165, 1.54) is 14.2 Å². The highest BCUT2D eigenvalue weighted by Gasteiger charge is 2.99. The van der Waals surface area contributed by atoms with E-state index < -0.39 is 22.2 Å². The number of nitrogens with zero attached hydrogens (tertiary/aromatic N) is 3. The molecule has 0 radical (unpaired) electrons. The summed E-state index contributed by atoms with van der Waals surface area (Å²) < 4.78 is 10.8. The third-order valence-corrected chi connectivity index (χ3v) is 5.16. The van der Waals surface area contributed by atoms with Crippen molar-refractivity contribution in [2.24, 2.45) is 27.0 Å². The van der Waals surface area contributed by atoms with Crippen LogP contribution in [0.5, 0.6) is 0 Å². The van der Waals surface area contributed by atoms with E-state index >= 15 is 0 Å². The van der Waals surface area contributed by atoms with Crippen LogP contribution < -0.4 is 5.73 Å². The summed E-state index contributed by atoms with van der Waals surface area (Å²) in [7, 11) is 2.84. The van der Waals surface area contributed by atoms with Crippen LogP contribution in [0.15, 0.2) is 4.99 Å². The minimum absolute atomic E-state index is 0.143. The Morgan fingerprint density at radius 1 is 1.16 bits per heavy atom. The highest BCUT2D eigenvalue weighted by atomic mass is 16.7. The van der Waals surface area contributed by atoms with Crippen molar-refractivity contribution in [2.45, 2.75) is 32.6 Å². The number of methoxy groups -OCH3 is 2. The lowest BCUT2D eigenvalue weighted by molar-refractivity contribution is -0.237. The molecule has 0 aromatic carbocycles. The SMILES string of the molecule is CCC1(CC)[C@@]2(C#N)C(OC)(OC)N=C(N)[C@@]12C#N. The van der Waals surface area contributed by atoms with Crippen molar-refractivity contribution in [1.29, 1.82) is 10.5 Å². The number of hydrogen-bond donors (Lipinski definition) is 1. The number of fused-ring (bicyclic) bond motifs is 1. The van der Waals surface area contributed by atoms with E-state index in [2.05, 4.69) is 17.1 Å². The zero-order chi connectivity index (χ0) is 14.5. The second-order valence-corrected chi connectivity index (χ2v) is 5.00. The molecular weight excluding hydrogens is 244 g/mol. The predicted molar refractivity (Wildman–Crippen MR) is 67.5 cm³/mol. The monoisotopic (exact) mass is 262 g/mol. The van der Waals surface area contributed by atoms with Gasteiger partial charge in [0.15, 0.2) is 5.41 Å². The normalized spacial score (nSPS) is 36.8. The predicted octanol–water partition coefficient (Wildman–Crippen LogP) is 1.14. The molecule has 6 heteroatoms. The zero-order valence-corrected chi connectivity index (χ0v) is 11.6. The second kappa shape index (κ2) is 3.69. The lowest BCUT2D eigenvalue weighted by atomic mass is 9.85. The van der Waals surface area contributed by atoms with Crippen LogP contribution in [0.2, 0.25) is 0 Å². The summed E-state index contributed by atoms with van der Waals surface area (Å²) in [5, 5.41) is 19.5. The number of nitriles is 2. The Labute approximate surface area is 112 Å². The molecule has 1 aliphatic heterocycles. The van der Waals surface area contributed by atoms with E-state index in [0.717, 1.165) is 0 Å². The Hall–Kier alpha value is -1.63. The number of ether oxygens (including phenoxy) is 2. The molecule has 0 aromatic rings. The highest BCUT2D eigenvalue weighted by Crippen LogP contribution is 2.87. The molecule has 1 fully saturated rings. The summed E-state index contributed by atoms with van der Waals surface area (Å²) in [6.07, 6.45) is 1.27. The van der Waals surface area contributed by atoms with Gasteiger partial charge in [0.05, 0.1) is 12.1 Å². The van der Waals surface area contributed by atoms with Crippen molar-refractivity contribution in [1.82, 2.24) is 0 Å². The molecule has 0 saturated heterocycles. The maximum absolute atomic E-state index is 9.79. The largest absolute Gasteiger partial charge is 0.386 e. The van der Waals surface area contributed by atoms with Crippen LogP contribution in [0.4, 0.5) is 0 Å². The third-order valence-electron chi connectivity index (χ3n) is 5.16. The molecule has 1 saturated carbocycles. The molecular formula is C13H18N4O2. The Morgan fingerprint density at radius 3 is 1.95 bits per heavy atom. The number of hydrogen-bond acceptors (Lipinski definition) is 6. The van der Waals surface area contributed by atoms with Gasteiger partial charge in [0.2, 0.25) is 0 Å². The van der Waals surface area contributed by atoms with Gasteiger partial charge in [-0.25, -0.2) is 4.99 Å². The van der Waals surface area contributed by atoms with E-state index in [-0.39, 0.29) is 5.84 Å². The van der Waals surface area contributed by atoms with Crippen molar-refractivity contribution in [3.05, 3.63) is 0 Å². The van der Waals surface area contributed by atoms with Crippen LogP contribution in [-0.4, -0.2) is 26.0 Å². The first-order valence-corrected chi connectivity index (χ1v) is 6.28. The molecule has 0 aromatic heterocycles. The van der Waals surface area contributed by atoms with Gasteiger partial charge in [-0.2, -0.15) is 10.5 Å². The molecule has 1 aliphatic carbocycles. The van der Waals surface area contributed by atoms with Gasteiger partial charge in [0, 0.05) is 19.6 Å². The Kier molecular flexibility index (Phi) is 2.68. The highest BCUT2D eigenvalue weighted by molar-refractivity contribution is 6.00. The van der Waals surface area contributed by atoms with Crippen LogP contribution in [-0.2, 0) is 9.47 Å². The fourth-order valence-corrected chi connectivity index (χ4v) is 4.30. The smallest absolute Gasteiger partial charge is 0.292 e. The maximum atomic E-state index is 9.79. The molecule has 0 unspecified atom stereocenters. The molecule has 2 N–H and O–H groups in total. The summed E-state index contributed by atoms with van der Waals surface area (Å²) in [4.78, 5) is 4.17. The average molecular weight is 262 g/mol. The molecule has 2 rings (SSSR count). The van der Waals surface area contributed by atoms with E-state index in [1.54, 1.807) is 0 Å². The van der Waals surface area contributed by atoms with Gasteiger partial charge in [-0.3, -0.25) is 0 Å². The third kappa shape index (κ3) is 0.898. The van der Waals surface area contributed by atoms with E-state index in [1.807, 2.05) is 13.8 Å². The molecule has 19 heavy (non-hydrogen) atoms. The molecule has 1 heterocycles. The number of aliphatic imine (C=N–C) groups is 1. The van der Waals surface area contributed by atoms with Crippen molar-refractivity contribution in [3.63, 3.8) is 0 Å². The standard InChI is InChI=1S/C13H18N4O2/c1-5-10(6-2)11(7-14)9(16)17-13(18-3,19-4)12(10,11)8-15/h5-6H2,1-4H3,(H2,16,17)/t11-,12+/m0/s1. The fourth-order valence-electron chi connectivity index (χ4n) is 4.30. The van der Waals surface area contributed by atoms with Gasteiger partial charge in [-0.05, 0) is 12.8 Å². The van der Waals surface area contributed by atoms with Crippen molar-refractivity contribution >= 4 is 5.84 Å². The lowest BCUT2D eigenvalue weighted by Crippen LogP contribution is -2.43. The number of rotatable bonds is 4. The van der Waals surface area contributed by atoms with Gasteiger partial charge >= 0.3 is 0 Å². The lowest BCUT2D eigenvalue weighted by Gasteiger charge is -2.32. The quantitative estimate of drug-likeness (QED) is 0.765. The number of nitrogens with two attached hydrogens (primary N) is 1. The summed E-state index contributed by atoms with van der Waals surface area (Å²) in [6.45, 7) is 3.90. The fraction of sp³-hybridized carbons (Fsp3) is 0.769. The number of amidine groups is 1. The average Bonchev–Trinajstić information content (AvgIpc) is 2.93. The maximum Gasteiger partial charge on any atom is 0.292 e. The summed E-state index contributed by atoms with van der Waals surface area (Å²) in [5.74, 6) is -1.35. The molecule has 2 aliphatic rings. The molecule has 2 atom stereocenters. The molecule has 6 nitrogen and oxygen atoms in total. The van der Waals surface area contributed by atoms with Crippen LogP contribution >= 0.6 is 0 Å². The van der Waals surface area contributed by atoms with Crippen molar-refractivity contribution in [3.8, 4) is 12.1 Å². The summed E-state index contributed by atoms with van der Waals surface area (Å²) in [6, 6.07) is 4.49. The van der Waals surface area contributed by atoms with E-state index in [0.29, 0.717) is 12.8 Å². The van der Waals surface area contributed by atoms with Gasteiger partial charge in [-0.1, -0.05) is 13.8 Å². The van der Waals surface area contributed by atoms with Crippen LogP contribution in [0.1, 0.15) is 26.7 Å². The first kappa shape index (κ1) is 13.8. The van der Waals surface area contributed by atoms with Crippen molar-refractivity contribution < 1.29 is 9.47 Å². The van der Waals surface area contributed by atoms with Crippen molar-refractivity contribution in [2.75, 3.05) is 14.2 Å². The van der Waals surface area contributed by atoms with Gasteiger partial charge in [0.25, 0.3) is 5.91 Å². The minimum atomic E-state index is -1.49. The second-order valence-electron chi connectivity index (χ2n) is 5.00. The van der Waals surface area contributed by atoms with Gasteiger partial charge in [-0.15, -0.1) is 0 Å². The van der Waals surface area contributed by atoms with E-state index in [4.69, 9.17) is 15.2 Å². The minimum Gasteiger partial charge on any atom is -0.386 e. The molecule has 0 amide bonds. The summed E-state index contributed by atoms with van der Waals surface area (Å²) in [5.41, 5.74) is 3.11. The molecule has 102 valence electrons. The van der Waals surface area contributed by atoms with E-state index in [9.17, 15) is 10.5 Å². The molecule has 0 spiro atoms. The van der Waals surface area contributed by atoms with Gasteiger partial charge < -0.3 is 15.2 Å². The first-order chi connectivity index (χ1) is 8.99. The van der Waals surface area contributed by atoms with Crippen LogP contribution in [0, 0.1) is 38.9 Å². The molecule has 0 bridgehead atoms.